The van der Waals surface area contributed by atoms with Gasteiger partial charge in [-0.05, 0) is 53.6 Å². The first-order chi connectivity index (χ1) is 8.16. The molecule has 0 amide bonds. The van der Waals surface area contributed by atoms with Gasteiger partial charge in [-0.3, -0.25) is 0 Å². The SMILES string of the molecule is Nc1nnn(-c2ccc(Cl)cc2I)c1C1CC1. The highest BCUT2D eigenvalue weighted by Gasteiger charge is 2.31. The van der Waals surface area contributed by atoms with Gasteiger partial charge in [0.2, 0.25) is 0 Å². The number of hydrogen-bond acceptors (Lipinski definition) is 3. The van der Waals surface area contributed by atoms with E-state index < -0.39 is 0 Å². The average molecular weight is 361 g/mol. The number of aromatic nitrogens is 3. The minimum absolute atomic E-state index is 0.511. The van der Waals surface area contributed by atoms with Crippen LogP contribution in [0.5, 0.6) is 0 Å². The van der Waals surface area contributed by atoms with E-state index in [2.05, 4.69) is 32.9 Å². The van der Waals surface area contributed by atoms with Crippen molar-refractivity contribution in [2.24, 2.45) is 0 Å². The van der Waals surface area contributed by atoms with E-state index in [1.165, 1.54) is 12.8 Å². The van der Waals surface area contributed by atoms with E-state index in [1.54, 1.807) is 0 Å². The fraction of sp³-hybridized carbons (Fsp3) is 0.273. The Hall–Kier alpha value is -0.820. The van der Waals surface area contributed by atoms with Gasteiger partial charge >= 0.3 is 0 Å². The fourth-order valence-electron chi connectivity index (χ4n) is 1.87. The molecular formula is C11H10ClIN4. The summed E-state index contributed by atoms with van der Waals surface area (Å²) in [5.41, 5.74) is 7.90. The van der Waals surface area contributed by atoms with E-state index in [-0.39, 0.29) is 0 Å². The second-order valence-corrected chi connectivity index (χ2v) is 5.74. The molecule has 2 N–H and O–H groups in total. The third kappa shape index (κ3) is 2.01. The summed E-state index contributed by atoms with van der Waals surface area (Å²) in [6.07, 6.45) is 2.34. The van der Waals surface area contributed by atoms with Gasteiger partial charge < -0.3 is 5.73 Å². The summed E-state index contributed by atoms with van der Waals surface area (Å²) >= 11 is 8.19. The second-order valence-electron chi connectivity index (χ2n) is 4.14. The second kappa shape index (κ2) is 4.13. The van der Waals surface area contributed by atoms with Crippen molar-refractivity contribution >= 4 is 40.0 Å². The van der Waals surface area contributed by atoms with E-state index >= 15 is 0 Å². The summed E-state index contributed by atoms with van der Waals surface area (Å²) in [6, 6.07) is 5.71. The first kappa shape index (κ1) is 11.3. The van der Waals surface area contributed by atoms with Crippen molar-refractivity contribution in [3.05, 3.63) is 32.5 Å². The third-order valence-electron chi connectivity index (χ3n) is 2.83. The Morgan fingerprint density at radius 1 is 1.41 bits per heavy atom. The highest BCUT2D eigenvalue weighted by Crippen LogP contribution is 2.43. The van der Waals surface area contributed by atoms with Crippen molar-refractivity contribution in [2.45, 2.75) is 18.8 Å². The van der Waals surface area contributed by atoms with E-state index in [0.29, 0.717) is 11.7 Å². The first-order valence-corrected chi connectivity index (χ1v) is 6.79. The zero-order valence-electron chi connectivity index (χ0n) is 8.90. The Labute approximate surface area is 117 Å². The third-order valence-corrected chi connectivity index (χ3v) is 3.93. The lowest BCUT2D eigenvalue weighted by Crippen LogP contribution is -2.04. The fourth-order valence-corrected chi connectivity index (χ4v) is 2.97. The van der Waals surface area contributed by atoms with Gasteiger partial charge in [0.05, 0.1) is 11.4 Å². The molecule has 0 aliphatic heterocycles. The molecule has 88 valence electrons. The molecule has 1 aromatic carbocycles. The van der Waals surface area contributed by atoms with Crippen molar-refractivity contribution in [3.8, 4) is 5.69 Å². The van der Waals surface area contributed by atoms with Gasteiger partial charge in [-0.1, -0.05) is 16.8 Å². The van der Waals surface area contributed by atoms with Crippen LogP contribution in [0.25, 0.3) is 5.69 Å². The standard InChI is InChI=1S/C11H10ClIN4/c12-7-3-4-9(8(13)5-7)17-10(6-1-2-6)11(14)15-16-17/h3-6H,1-2,14H2. The minimum atomic E-state index is 0.511. The zero-order chi connectivity index (χ0) is 12.0. The van der Waals surface area contributed by atoms with Crippen molar-refractivity contribution in [3.63, 3.8) is 0 Å². The molecule has 2 aromatic rings. The number of anilines is 1. The molecule has 1 fully saturated rings. The molecule has 0 bridgehead atoms. The lowest BCUT2D eigenvalue weighted by molar-refractivity contribution is 0.761. The molecule has 1 aliphatic rings. The smallest absolute Gasteiger partial charge is 0.169 e. The molecule has 1 saturated carbocycles. The maximum Gasteiger partial charge on any atom is 0.169 e. The molecule has 1 aliphatic carbocycles. The van der Waals surface area contributed by atoms with Gasteiger partial charge in [0.1, 0.15) is 0 Å². The van der Waals surface area contributed by atoms with Gasteiger partial charge in [-0.25, -0.2) is 4.68 Å². The lowest BCUT2D eigenvalue weighted by Gasteiger charge is -2.08. The topological polar surface area (TPSA) is 56.7 Å². The van der Waals surface area contributed by atoms with Crippen LogP contribution in [0.3, 0.4) is 0 Å². The van der Waals surface area contributed by atoms with Crippen LogP contribution >= 0.6 is 34.2 Å². The number of rotatable bonds is 2. The van der Waals surface area contributed by atoms with E-state index in [4.69, 9.17) is 17.3 Å². The average Bonchev–Trinajstić information content (AvgIpc) is 3.03. The van der Waals surface area contributed by atoms with Gasteiger partial charge in [-0.2, -0.15) is 0 Å². The molecule has 0 unspecified atom stereocenters. The molecular weight excluding hydrogens is 351 g/mol. The quantitative estimate of drug-likeness (QED) is 0.838. The van der Waals surface area contributed by atoms with Crippen LogP contribution in [-0.2, 0) is 0 Å². The van der Waals surface area contributed by atoms with Crippen LogP contribution in [0.2, 0.25) is 5.02 Å². The number of nitrogens with two attached hydrogens (primary N) is 1. The summed E-state index contributed by atoms with van der Waals surface area (Å²) in [6.45, 7) is 0. The van der Waals surface area contributed by atoms with E-state index in [1.807, 2.05) is 22.9 Å². The summed E-state index contributed by atoms with van der Waals surface area (Å²) < 4.78 is 2.88. The Balaban J connectivity index is 2.14. The molecule has 4 nitrogen and oxygen atoms in total. The first-order valence-electron chi connectivity index (χ1n) is 5.33. The summed E-state index contributed by atoms with van der Waals surface area (Å²) in [7, 11) is 0. The predicted octanol–water partition coefficient (Wildman–Crippen LogP) is 2.98. The van der Waals surface area contributed by atoms with E-state index in [0.717, 1.165) is 20.0 Å². The molecule has 1 aromatic heterocycles. The molecule has 6 heteroatoms. The van der Waals surface area contributed by atoms with E-state index in [9.17, 15) is 0 Å². The number of nitrogens with zero attached hydrogens (tertiary/aromatic N) is 3. The Kier molecular flexibility index (Phi) is 2.74. The van der Waals surface area contributed by atoms with Crippen LogP contribution in [0.4, 0.5) is 5.82 Å². The molecule has 17 heavy (non-hydrogen) atoms. The number of halogens is 2. The van der Waals surface area contributed by atoms with Gasteiger partial charge in [0, 0.05) is 14.5 Å². The Morgan fingerprint density at radius 3 is 2.82 bits per heavy atom. The Morgan fingerprint density at radius 2 is 2.18 bits per heavy atom. The van der Waals surface area contributed by atoms with Crippen LogP contribution in [-0.4, -0.2) is 15.0 Å². The van der Waals surface area contributed by atoms with Crippen molar-refractivity contribution < 1.29 is 0 Å². The van der Waals surface area contributed by atoms with Crippen molar-refractivity contribution in [2.75, 3.05) is 5.73 Å². The van der Waals surface area contributed by atoms with Gasteiger partial charge in [-0.15, -0.1) is 5.10 Å². The molecule has 0 radical (unpaired) electrons. The maximum atomic E-state index is 5.95. The summed E-state index contributed by atoms with van der Waals surface area (Å²) in [4.78, 5) is 0. The normalized spacial score (nSPS) is 15.2. The molecule has 0 saturated heterocycles. The number of hydrogen-bond donors (Lipinski definition) is 1. The van der Waals surface area contributed by atoms with Crippen molar-refractivity contribution in [1.29, 1.82) is 0 Å². The Bertz CT molecular complexity index is 577. The molecule has 1 heterocycles. The van der Waals surface area contributed by atoms with Gasteiger partial charge in [0.25, 0.3) is 0 Å². The van der Waals surface area contributed by atoms with Crippen LogP contribution in [0, 0.1) is 3.57 Å². The molecule has 0 spiro atoms. The number of benzene rings is 1. The molecule has 3 rings (SSSR count). The summed E-state index contributed by atoms with van der Waals surface area (Å²) in [5, 5.41) is 8.83. The predicted molar refractivity (Wildman–Crippen MR) is 75.5 cm³/mol. The summed E-state index contributed by atoms with van der Waals surface area (Å²) in [5.74, 6) is 1.05. The largest absolute Gasteiger partial charge is 0.381 e. The highest BCUT2D eigenvalue weighted by molar-refractivity contribution is 14.1. The molecule has 0 atom stereocenters. The monoisotopic (exact) mass is 360 g/mol. The van der Waals surface area contributed by atoms with Crippen molar-refractivity contribution in [1.82, 2.24) is 15.0 Å². The van der Waals surface area contributed by atoms with Gasteiger partial charge in [0.15, 0.2) is 5.82 Å². The zero-order valence-corrected chi connectivity index (χ0v) is 11.8. The highest BCUT2D eigenvalue weighted by atomic mass is 127. The van der Waals surface area contributed by atoms with Crippen LogP contribution in [0.1, 0.15) is 24.5 Å². The van der Waals surface area contributed by atoms with Crippen LogP contribution < -0.4 is 5.73 Å². The number of nitrogen functional groups attached to an aromatic ring is 1. The van der Waals surface area contributed by atoms with Crippen LogP contribution in [0.15, 0.2) is 18.2 Å². The minimum Gasteiger partial charge on any atom is -0.381 e. The lowest BCUT2D eigenvalue weighted by atomic mass is 10.2. The maximum absolute atomic E-state index is 5.95.